The van der Waals surface area contributed by atoms with E-state index >= 15 is 0 Å². The van der Waals surface area contributed by atoms with Gasteiger partial charge in [-0.3, -0.25) is 9.78 Å². The molecule has 0 saturated heterocycles. The Hall–Kier alpha value is -1.61. The topological polar surface area (TPSA) is 30.0 Å². The van der Waals surface area contributed by atoms with Crippen LogP contribution >= 0.6 is 11.8 Å². The standard InChI is InChI=1S/C17H19NOS/c1-4-17(19)16-6-5-15(10-18-16)20-11-14-8-12(2)7-13(3)9-14/h5-10H,4,11H2,1-3H3. The Kier molecular flexibility index (Phi) is 4.96. The van der Waals surface area contributed by atoms with Crippen molar-refractivity contribution in [3.05, 3.63) is 58.9 Å². The molecule has 0 radical (unpaired) electrons. The molecule has 0 aliphatic carbocycles. The van der Waals surface area contributed by atoms with Crippen LogP contribution in [0.4, 0.5) is 0 Å². The molecule has 1 aromatic carbocycles. The first kappa shape index (κ1) is 14.8. The number of aromatic nitrogens is 1. The number of thioether (sulfide) groups is 1. The van der Waals surface area contributed by atoms with Gasteiger partial charge in [0.1, 0.15) is 5.69 Å². The Bertz CT molecular complexity index is 585. The van der Waals surface area contributed by atoms with Crippen LogP contribution in [0.25, 0.3) is 0 Å². The summed E-state index contributed by atoms with van der Waals surface area (Å²) in [6.45, 7) is 6.09. The van der Waals surface area contributed by atoms with Crippen LogP contribution < -0.4 is 0 Å². The zero-order valence-corrected chi connectivity index (χ0v) is 13.0. The molecular weight excluding hydrogens is 266 g/mol. The molecule has 2 aromatic rings. The Morgan fingerprint density at radius 1 is 1.15 bits per heavy atom. The molecule has 0 atom stereocenters. The van der Waals surface area contributed by atoms with Gasteiger partial charge in [0.15, 0.2) is 5.78 Å². The van der Waals surface area contributed by atoms with E-state index in [0.29, 0.717) is 12.1 Å². The molecule has 0 aliphatic heterocycles. The number of nitrogens with zero attached hydrogens (tertiary/aromatic N) is 1. The number of carbonyl (C=O) groups excluding carboxylic acids is 1. The molecular formula is C17H19NOS. The molecule has 0 bridgehead atoms. The van der Waals surface area contributed by atoms with Crippen molar-refractivity contribution >= 4 is 17.5 Å². The Morgan fingerprint density at radius 2 is 1.85 bits per heavy atom. The lowest BCUT2D eigenvalue weighted by Gasteiger charge is -2.05. The molecule has 20 heavy (non-hydrogen) atoms. The lowest BCUT2D eigenvalue weighted by Crippen LogP contribution is -1.99. The van der Waals surface area contributed by atoms with Gasteiger partial charge in [0.05, 0.1) is 0 Å². The molecule has 0 unspecified atom stereocenters. The smallest absolute Gasteiger partial charge is 0.180 e. The van der Waals surface area contributed by atoms with E-state index in [2.05, 4.69) is 37.0 Å². The van der Waals surface area contributed by atoms with Gasteiger partial charge in [0.2, 0.25) is 0 Å². The van der Waals surface area contributed by atoms with Gasteiger partial charge in [-0.15, -0.1) is 11.8 Å². The maximum atomic E-state index is 11.5. The summed E-state index contributed by atoms with van der Waals surface area (Å²) in [6.07, 6.45) is 2.29. The molecule has 3 heteroatoms. The fraction of sp³-hybridized carbons (Fsp3) is 0.294. The fourth-order valence-electron chi connectivity index (χ4n) is 2.13. The van der Waals surface area contributed by atoms with Crippen LogP contribution in [0.5, 0.6) is 0 Å². The first-order chi connectivity index (χ1) is 9.58. The molecule has 2 nitrogen and oxygen atoms in total. The summed E-state index contributed by atoms with van der Waals surface area (Å²) in [7, 11) is 0. The number of hydrogen-bond acceptors (Lipinski definition) is 3. The molecule has 1 aromatic heterocycles. The monoisotopic (exact) mass is 285 g/mol. The van der Waals surface area contributed by atoms with Crippen molar-refractivity contribution in [2.45, 2.75) is 37.8 Å². The highest BCUT2D eigenvalue weighted by atomic mass is 32.2. The largest absolute Gasteiger partial charge is 0.292 e. The average Bonchev–Trinajstić information content (AvgIpc) is 2.44. The molecule has 1 heterocycles. The summed E-state index contributed by atoms with van der Waals surface area (Å²) in [6, 6.07) is 10.4. The lowest BCUT2D eigenvalue weighted by molar-refractivity contribution is 0.0983. The lowest BCUT2D eigenvalue weighted by atomic mass is 10.1. The summed E-state index contributed by atoms with van der Waals surface area (Å²) in [5.41, 5.74) is 4.47. The van der Waals surface area contributed by atoms with E-state index in [1.807, 2.05) is 19.1 Å². The van der Waals surface area contributed by atoms with Crippen LogP contribution in [0.2, 0.25) is 0 Å². The molecule has 104 valence electrons. The van der Waals surface area contributed by atoms with Crippen molar-refractivity contribution in [1.82, 2.24) is 4.98 Å². The van der Waals surface area contributed by atoms with E-state index in [0.717, 1.165) is 10.6 Å². The number of hydrogen-bond donors (Lipinski definition) is 0. The number of Topliss-reactive ketones (excluding diaryl/α,β-unsaturated/α-hetero) is 1. The number of aryl methyl sites for hydroxylation is 2. The van der Waals surface area contributed by atoms with E-state index in [-0.39, 0.29) is 5.78 Å². The van der Waals surface area contributed by atoms with E-state index in [9.17, 15) is 4.79 Å². The zero-order valence-electron chi connectivity index (χ0n) is 12.1. The molecule has 0 saturated carbocycles. The Labute approximate surface area is 124 Å². The van der Waals surface area contributed by atoms with E-state index in [1.54, 1.807) is 18.0 Å². The van der Waals surface area contributed by atoms with Gasteiger partial charge in [-0.2, -0.15) is 0 Å². The summed E-state index contributed by atoms with van der Waals surface area (Å²) in [4.78, 5) is 16.8. The Balaban J connectivity index is 2.02. The SMILES string of the molecule is CCC(=O)c1ccc(SCc2cc(C)cc(C)c2)cn1. The van der Waals surface area contributed by atoms with Crippen molar-refractivity contribution in [1.29, 1.82) is 0 Å². The van der Waals surface area contributed by atoms with E-state index in [4.69, 9.17) is 0 Å². The molecule has 0 amide bonds. The number of benzene rings is 1. The summed E-state index contributed by atoms with van der Waals surface area (Å²) in [5.74, 6) is 1.02. The number of rotatable bonds is 5. The highest BCUT2D eigenvalue weighted by molar-refractivity contribution is 7.98. The number of ketones is 1. The average molecular weight is 285 g/mol. The van der Waals surface area contributed by atoms with Crippen LogP contribution in [0.3, 0.4) is 0 Å². The van der Waals surface area contributed by atoms with Gasteiger partial charge in [-0.25, -0.2) is 0 Å². The minimum atomic E-state index is 0.0934. The second-order valence-electron chi connectivity index (χ2n) is 4.94. The highest BCUT2D eigenvalue weighted by Crippen LogP contribution is 2.23. The van der Waals surface area contributed by atoms with Gasteiger partial charge in [0, 0.05) is 23.3 Å². The highest BCUT2D eigenvalue weighted by Gasteiger charge is 2.04. The molecule has 0 aliphatic rings. The van der Waals surface area contributed by atoms with Gasteiger partial charge in [0.25, 0.3) is 0 Å². The number of carbonyl (C=O) groups is 1. The van der Waals surface area contributed by atoms with Crippen LogP contribution in [-0.2, 0) is 5.75 Å². The van der Waals surface area contributed by atoms with Crippen LogP contribution in [-0.4, -0.2) is 10.8 Å². The second-order valence-corrected chi connectivity index (χ2v) is 5.99. The van der Waals surface area contributed by atoms with E-state index < -0.39 is 0 Å². The normalized spacial score (nSPS) is 10.6. The minimum Gasteiger partial charge on any atom is -0.292 e. The van der Waals surface area contributed by atoms with Crippen LogP contribution in [0.1, 0.15) is 40.5 Å². The predicted octanol–water partition coefficient (Wildman–Crippen LogP) is 4.58. The second kappa shape index (κ2) is 6.71. The van der Waals surface area contributed by atoms with Gasteiger partial charge >= 0.3 is 0 Å². The first-order valence-corrected chi connectivity index (χ1v) is 7.76. The zero-order chi connectivity index (χ0) is 14.5. The number of pyridine rings is 1. The summed E-state index contributed by atoms with van der Waals surface area (Å²) in [5, 5.41) is 0. The third kappa shape index (κ3) is 3.94. The Morgan fingerprint density at radius 3 is 2.40 bits per heavy atom. The van der Waals surface area contributed by atoms with Crippen molar-refractivity contribution in [2.75, 3.05) is 0 Å². The van der Waals surface area contributed by atoms with Crippen molar-refractivity contribution in [3.63, 3.8) is 0 Å². The van der Waals surface area contributed by atoms with Crippen molar-refractivity contribution < 1.29 is 4.79 Å². The minimum absolute atomic E-state index is 0.0934. The van der Waals surface area contributed by atoms with Crippen LogP contribution in [0.15, 0.2) is 41.4 Å². The molecule has 0 spiro atoms. The van der Waals surface area contributed by atoms with Gasteiger partial charge in [-0.1, -0.05) is 36.2 Å². The maximum Gasteiger partial charge on any atom is 0.180 e. The third-order valence-electron chi connectivity index (χ3n) is 3.03. The predicted molar refractivity (Wildman–Crippen MR) is 84.3 cm³/mol. The van der Waals surface area contributed by atoms with E-state index in [1.165, 1.54) is 16.7 Å². The first-order valence-electron chi connectivity index (χ1n) is 6.77. The quantitative estimate of drug-likeness (QED) is 0.595. The maximum absolute atomic E-state index is 11.5. The summed E-state index contributed by atoms with van der Waals surface area (Å²) < 4.78 is 0. The third-order valence-corrected chi connectivity index (χ3v) is 4.08. The molecule has 0 fully saturated rings. The summed E-state index contributed by atoms with van der Waals surface area (Å²) >= 11 is 1.75. The molecule has 0 N–H and O–H groups in total. The van der Waals surface area contributed by atoms with Crippen molar-refractivity contribution in [2.24, 2.45) is 0 Å². The van der Waals surface area contributed by atoms with Gasteiger partial charge in [-0.05, 0) is 31.5 Å². The van der Waals surface area contributed by atoms with Gasteiger partial charge < -0.3 is 0 Å². The van der Waals surface area contributed by atoms with Crippen LogP contribution in [0, 0.1) is 13.8 Å². The van der Waals surface area contributed by atoms with Crippen molar-refractivity contribution in [3.8, 4) is 0 Å². The molecule has 2 rings (SSSR count). The fourth-order valence-corrected chi connectivity index (χ4v) is 2.92.